The SMILES string of the molecule is CCCc1c(OCCCOc2cc(OCc3ccccc3)c(Br)cc2CC)cccc1Oc1ccccc1C(=O)OC.CCc1c(O)cccc1Oc1ccccc1C(=O)OC.CCc1cc(Br)c(OCc2ccccc2)cc1OCCCCl. The Morgan fingerprint density at radius 2 is 0.857 bits per heavy atom. The highest BCUT2D eigenvalue weighted by Gasteiger charge is 2.19. The van der Waals surface area contributed by atoms with Crippen LogP contribution in [0.2, 0.25) is 0 Å². The van der Waals surface area contributed by atoms with Gasteiger partial charge in [-0.25, -0.2) is 9.59 Å². The van der Waals surface area contributed by atoms with Crippen LogP contribution in [0.4, 0.5) is 0 Å². The second-order valence-corrected chi connectivity index (χ2v) is 20.8. The lowest BCUT2D eigenvalue weighted by molar-refractivity contribution is 0.0588. The maximum Gasteiger partial charge on any atom is 0.341 e. The molecule has 0 saturated carbocycles. The van der Waals surface area contributed by atoms with E-state index in [-0.39, 0.29) is 5.75 Å². The van der Waals surface area contributed by atoms with Gasteiger partial charge in [-0.1, -0.05) is 131 Å². The number of hydrogen-bond acceptors (Lipinski definition) is 12. The van der Waals surface area contributed by atoms with Gasteiger partial charge in [0.15, 0.2) is 0 Å². The fourth-order valence-corrected chi connectivity index (χ4v) is 9.63. The van der Waals surface area contributed by atoms with E-state index in [1.54, 1.807) is 60.7 Å². The zero-order valence-corrected chi connectivity index (χ0v) is 52.4. The molecule has 0 aromatic heterocycles. The highest BCUT2D eigenvalue weighted by Crippen LogP contribution is 2.38. The van der Waals surface area contributed by atoms with Crippen molar-refractivity contribution in [3.8, 4) is 57.5 Å². The van der Waals surface area contributed by atoms with Crippen molar-refractivity contribution in [2.75, 3.05) is 39.9 Å². The molecule has 84 heavy (non-hydrogen) atoms. The summed E-state index contributed by atoms with van der Waals surface area (Å²) < 4.78 is 53.7. The predicted molar refractivity (Wildman–Crippen MR) is 339 cm³/mol. The Kier molecular flexibility index (Phi) is 27.7. The number of benzene rings is 8. The first-order chi connectivity index (χ1) is 40.9. The maximum atomic E-state index is 12.2. The molecular weight excluding hydrogens is 1220 g/mol. The third-order valence-electron chi connectivity index (χ3n) is 12.9. The van der Waals surface area contributed by atoms with Crippen molar-refractivity contribution < 1.29 is 57.3 Å². The van der Waals surface area contributed by atoms with Crippen molar-refractivity contribution in [3.63, 3.8) is 0 Å². The third-order valence-corrected chi connectivity index (χ3v) is 14.4. The van der Waals surface area contributed by atoms with E-state index in [4.69, 9.17) is 54.2 Å². The highest BCUT2D eigenvalue weighted by molar-refractivity contribution is 9.11. The number of aromatic hydroxyl groups is 1. The molecule has 0 aliphatic heterocycles. The zero-order valence-electron chi connectivity index (χ0n) is 48.4. The molecule has 15 heteroatoms. The molecule has 0 aliphatic carbocycles. The van der Waals surface area contributed by atoms with E-state index in [1.807, 2.05) is 104 Å². The van der Waals surface area contributed by atoms with Gasteiger partial charge in [0.2, 0.25) is 0 Å². The molecule has 0 saturated heterocycles. The van der Waals surface area contributed by atoms with Crippen LogP contribution in [0.5, 0.6) is 57.5 Å². The molecule has 8 rings (SSSR count). The summed E-state index contributed by atoms with van der Waals surface area (Å²) in [6, 6.07) is 52.9. The number of alkyl halides is 1. The molecule has 0 bridgehead atoms. The molecule has 0 amide bonds. The van der Waals surface area contributed by atoms with Crippen LogP contribution in [0, 0.1) is 0 Å². The summed E-state index contributed by atoms with van der Waals surface area (Å²) in [5.74, 6) is 5.92. The molecule has 442 valence electrons. The highest BCUT2D eigenvalue weighted by atomic mass is 79.9. The largest absolute Gasteiger partial charge is 0.508 e. The molecule has 0 heterocycles. The predicted octanol–water partition coefficient (Wildman–Crippen LogP) is 18.1. The minimum Gasteiger partial charge on any atom is -0.508 e. The van der Waals surface area contributed by atoms with Crippen molar-refractivity contribution in [2.24, 2.45) is 0 Å². The Balaban J connectivity index is 0.000000225. The zero-order chi connectivity index (χ0) is 60.1. The molecule has 12 nitrogen and oxygen atoms in total. The number of phenolic OH excluding ortho intramolecular Hbond substituents is 1. The van der Waals surface area contributed by atoms with Crippen LogP contribution in [-0.2, 0) is 48.4 Å². The lowest BCUT2D eigenvalue weighted by atomic mass is 10.1. The number of halogens is 3. The Bertz CT molecular complexity index is 3320. The summed E-state index contributed by atoms with van der Waals surface area (Å²) in [6.07, 6.45) is 5.59. The molecule has 0 unspecified atom stereocenters. The van der Waals surface area contributed by atoms with Gasteiger partial charge < -0.3 is 47.7 Å². The number of carbonyl (C=O) groups excluding carboxylic acids is 2. The Morgan fingerprint density at radius 3 is 1.31 bits per heavy atom. The molecule has 8 aromatic carbocycles. The third kappa shape index (κ3) is 19.7. The number of esters is 2. The molecule has 0 radical (unpaired) electrons. The number of carbonyl (C=O) groups is 2. The van der Waals surface area contributed by atoms with Gasteiger partial charge in [-0.2, -0.15) is 0 Å². The summed E-state index contributed by atoms with van der Waals surface area (Å²) in [5, 5.41) is 9.82. The maximum absolute atomic E-state index is 12.2. The molecule has 1 N–H and O–H groups in total. The van der Waals surface area contributed by atoms with E-state index in [1.165, 1.54) is 14.2 Å². The van der Waals surface area contributed by atoms with Gasteiger partial charge in [-0.15, -0.1) is 11.6 Å². The minimum atomic E-state index is -0.459. The fraction of sp³-hybridized carbons (Fsp3) is 0.275. The summed E-state index contributed by atoms with van der Waals surface area (Å²) in [4.78, 5) is 23.9. The Labute approximate surface area is 516 Å². The number of methoxy groups -OCH3 is 2. The second kappa shape index (κ2) is 35.5. The van der Waals surface area contributed by atoms with E-state index < -0.39 is 11.9 Å². The van der Waals surface area contributed by atoms with Gasteiger partial charge in [-0.3, -0.25) is 0 Å². The Hall–Kier alpha value is -7.65. The summed E-state index contributed by atoms with van der Waals surface area (Å²) in [7, 11) is 2.68. The number of phenols is 1. The lowest BCUT2D eigenvalue weighted by Gasteiger charge is -2.17. The number of aryl methyl sites for hydroxylation is 2. The Morgan fingerprint density at radius 1 is 0.440 bits per heavy atom. The van der Waals surface area contributed by atoms with Gasteiger partial charge >= 0.3 is 11.9 Å². The first-order valence-electron chi connectivity index (χ1n) is 28.0. The number of hydrogen-bond donors (Lipinski definition) is 1. The summed E-state index contributed by atoms with van der Waals surface area (Å²) >= 11 is 12.9. The second-order valence-electron chi connectivity index (χ2n) is 18.7. The van der Waals surface area contributed by atoms with E-state index >= 15 is 0 Å². The molecule has 0 fully saturated rings. The van der Waals surface area contributed by atoms with E-state index in [0.717, 1.165) is 97.6 Å². The number of rotatable bonds is 27. The van der Waals surface area contributed by atoms with Crippen LogP contribution < -0.4 is 33.2 Å². The van der Waals surface area contributed by atoms with Gasteiger partial charge in [0.25, 0.3) is 0 Å². The normalized spacial score (nSPS) is 10.5. The van der Waals surface area contributed by atoms with Gasteiger partial charge in [0.1, 0.15) is 81.8 Å². The van der Waals surface area contributed by atoms with Crippen LogP contribution in [0.1, 0.15) is 101 Å². The molecule has 8 aromatic rings. The van der Waals surface area contributed by atoms with Crippen molar-refractivity contribution in [3.05, 3.63) is 223 Å². The van der Waals surface area contributed by atoms with Crippen LogP contribution in [0.15, 0.2) is 179 Å². The summed E-state index contributed by atoms with van der Waals surface area (Å²) in [5.41, 5.74) is 6.89. The average molecular weight is 1290 g/mol. The lowest BCUT2D eigenvalue weighted by Crippen LogP contribution is -2.08. The van der Waals surface area contributed by atoms with E-state index in [0.29, 0.717) is 91.4 Å². The number of para-hydroxylation sites is 2. The molecular formula is C69H73Br2ClO12. The quantitative estimate of drug-likeness (QED) is 0.0298. The summed E-state index contributed by atoms with van der Waals surface area (Å²) in [6.45, 7) is 10.9. The number of ether oxygens (including phenoxy) is 9. The van der Waals surface area contributed by atoms with Crippen molar-refractivity contribution >= 4 is 55.4 Å². The monoisotopic (exact) mass is 1290 g/mol. The van der Waals surface area contributed by atoms with Crippen LogP contribution in [0.3, 0.4) is 0 Å². The fourth-order valence-electron chi connectivity index (χ4n) is 8.51. The van der Waals surface area contributed by atoms with Crippen molar-refractivity contribution in [1.29, 1.82) is 0 Å². The van der Waals surface area contributed by atoms with Gasteiger partial charge in [0.05, 0.1) is 43.0 Å². The van der Waals surface area contributed by atoms with E-state index in [2.05, 4.69) is 64.8 Å². The minimum absolute atomic E-state index is 0.181. The standard InChI is InChI=1S/C35H37BrO6.C18H20BrClO2.C16H16O4/c1-4-13-27-30(18-11-19-31(27)42-32-17-10-9-16-28(32)35(37)38-3)39-20-12-21-40-33-23-34(29(36)22-26(33)5-2)41-24-25-14-7-6-8-15-25;1-2-15-11-16(19)18(12-17(15)21-10-6-9-20)22-13-14-7-4-3-5-8-14;1-3-11-13(17)8-6-10-14(11)20-15-9-5-4-7-12(15)16(18)19-2/h6-11,14-19,22-23H,4-5,12-13,20-21,24H2,1-3H3;3-5,7-8,11-12H,2,6,9-10,13H2,1H3;4-10,17H,3H2,1-2H3. The molecule has 0 atom stereocenters. The van der Waals surface area contributed by atoms with Crippen LogP contribution >= 0.6 is 43.5 Å². The van der Waals surface area contributed by atoms with Crippen molar-refractivity contribution in [1.82, 2.24) is 0 Å². The first kappa shape index (κ1) is 65.5. The van der Waals surface area contributed by atoms with Gasteiger partial charge in [-0.05, 0) is 147 Å². The van der Waals surface area contributed by atoms with Gasteiger partial charge in [0, 0.05) is 35.6 Å². The average Bonchev–Trinajstić information content (AvgIpc) is 3.73. The first-order valence-corrected chi connectivity index (χ1v) is 30.1. The molecule has 0 aliphatic rings. The molecule has 0 spiro atoms. The topological polar surface area (TPSA) is 137 Å². The van der Waals surface area contributed by atoms with Crippen LogP contribution in [-0.4, -0.2) is 57.0 Å². The smallest absolute Gasteiger partial charge is 0.341 e. The van der Waals surface area contributed by atoms with E-state index in [9.17, 15) is 14.7 Å². The van der Waals surface area contributed by atoms with Crippen LogP contribution in [0.25, 0.3) is 0 Å². The van der Waals surface area contributed by atoms with Crippen molar-refractivity contribution in [2.45, 2.75) is 85.9 Å².